The summed E-state index contributed by atoms with van der Waals surface area (Å²) in [4.78, 5) is 34.5. The van der Waals surface area contributed by atoms with E-state index < -0.39 is 0 Å². The minimum atomic E-state index is -0.0704. The third-order valence-corrected chi connectivity index (χ3v) is 8.22. The standard InChI is InChI=1S/C27H36N4O4S/c1-17(2)26-28-27(36-29-26)31(13-18-4-5-18)25(33)15-30-14-22(12-24(30)32)20-6-7-23(34-3)21(11-20)10-19-8-9-35-16-19/h6-7,11,17-19,22H,4-5,8-10,12-16H2,1-3H3/t19-,22+/m0/s1. The fourth-order valence-electron chi connectivity index (χ4n) is 5.08. The maximum absolute atomic E-state index is 13.4. The molecule has 3 fully saturated rings. The second-order valence-electron chi connectivity index (χ2n) is 10.7. The molecule has 0 N–H and O–H groups in total. The zero-order chi connectivity index (χ0) is 25.2. The highest BCUT2D eigenvalue weighted by Crippen LogP contribution is 2.35. The number of hydrogen-bond acceptors (Lipinski definition) is 7. The summed E-state index contributed by atoms with van der Waals surface area (Å²) in [6.07, 6.45) is 4.67. The Balaban J connectivity index is 1.27. The van der Waals surface area contributed by atoms with Crippen LogP contribution in [0, 0.1) is 11.8 Å². The van der Waals surface area contributed by atoms with Gasteiger partial charge in [-0.25, -0.2) is 4.98 Å². The van der Waals surface area contributed by atoms with E-state index in [9.17, 15) is 9.59 Å². The smallest absolute Gasteiger partial charge is 0.248 e. The van der Waals surface area contributed by atoms with Gasteiger partial charge in [-0.15, -0.1) is 0 Å². The van der Waals surface area contributed by atoms with E-state index in [0.717, 1.165) is 56.0 Å². The van der Waals surface area contributed by atoms with E-state index in [-0.39, 0.29) is 30.2 Å². The first-order valence-corrected chi connectivity index (χ1v) is 13.8. The number of nitrogens with zero attached hydrogens (tertiary/aromatic N) is 4. The van der Waals surface area contributed by atoms with Crippen LogP contribution in [0.2, 0.25) is 0 Å². The van der Waals surface area contributed by atoms with Crippen LogP contribution in [0.4, 0.5) is 5.13 Å². The van der Waals surface area contributed by atoms with E-state index in [1.54, 1.807) is 16.9 Å². The Morgan fingerprint density at radius 2 is 2.11 bits per heavy atom. The van der Waals surface area contributed by atoms with Gasteiger partial charge in [0.25, 0.3) is 0 Å². The van der Waals surface area contributed by atoms with Crippen LogP contribution in [-0.4, -0.2) is 66.0 Å². The van der Waals surface area contributed by atoms with Crippen LogP contribution < -0.4 is 9.64 Å². The number of rotatable bonds is 10. The molecule has 0 radical (unpaired) electrons. The molecule has 2 aromatic rings. The van der Waals surface area contributed by atoms with Crippen LogP contribution in [0.1, 0.15) is 68.3 Å². The number of amides is 2. The van der Waals surface area contributed by atoms with Gasteiger partial charge in [0, 0.05) is 56.1 Å². The minimum Gasteiger partial charge on any atom is -0.496 e. The van der Waals surface area contributed by atoms with Crippen LogP contribution >= 0.6 is 11.5 Å². The van der Waals surface area contributed by atoms with Crippen molar-refractivity contribution in [3.63, 3.8) is 0 Å². The lowest BCUT2D eigenvalue weighted by atomic mass is 9.92. The summed E-state index contributed by atoms with van der Waals surface area (Å²) in [7, 11) is 1.70. The van der Waals surface area contributed by atoms with Crippen molar-refractivity contribution in [3.05, 3.63) is 35.2 Å². The maximum atomic E-state index is 13.4. The fourth-order valence-corrected chi connectivity index (χ4v) is 5.92. The van der Waals surface area contributed by atoms with Gasteiger partial charge in [-0.3, -0.25) is 14.5 Å². The van der Waals surface area contributed by atoms with Crippen LogP contribution in [-0.2, 0) is 20.7 Å². The van der Waals surface area contributed by atoms with Crippen molar-refractivity contribution in [1.29, 1.82) is 0 Å². The summed E-state index contributed by atoms with van der Waals surface area (Å²) >= 11 is 1.28. The third kappa shape index (κ3) is 5.72. The van der Waals surface area contributed by atoms with Gasteiger partial charge in [0.1, 0.15) is 18.1 Å². The van der Waals surface area contributed by atoms with E-state index in [0.29, 0.717) is 36.5 Å². The average molecular weight is 513 g/mol. The van der Waals surface area contributed by atoms with Crippen molar-refractivity contribution in [2.75, 3.05) is 44.9 Å². The summed E-state index contributed by atoms with van der Waals surface area (Å²) in [6, 6.07) is 6.26. The molecule has 0 bridgehead atoms. The molecule has 8 nitrogen and oxygen atoms in total. The molecule has 1 saturated carbocycles. The van der Waals surface area contributed by atoms with Crippen molar-refractivity contribution < 1.29 is 19.1 Å². The topological polar surface area (TPSA) is 84.9 Å². The number of carbonyl (C=O) groups excluding carboxylic acids is 2. The Morgan fingerprint density at radius 1 is 1.28 bits per heavy atom. The van der Waals surface area contributed by atoms with E-state index >= 15 is 0 Å². The van der Waals surface area contributed by atoms with Crippen molar-refractivity contribution in [3.8, 4) is 5.75 Å². The van der Waals surface area contributed by atoms with Gasteiger partial charge >= 0.3 is 0 Å². The normalized spacial score (nSPS) is 22.0. The Hall–Kier alpha value is -2.52. The molecular formula is C27H36N4O4S. The summed E-state index contributed by atoms with van der Waals surface area (Å²) in [5, 5.41) is 0.648. The molecule has 2 atom stereocenters. The summed E-state index contributed by atoms with van der Waals surface area (Å²) < 4.78 is 15.6. The quantitative estimate of drug-likeness (QED) is 0.478. The second kappa shape index (κ2) is 10.8. The van der Waals surface area contributed by atoms with Crippen LogP contribution in [0.5, 0.6) is 5.75 Å². The zero-order valence-electron chi connectivity index (χ0n) is 21.4. The molecule has 2 saturated heterocycles. The lowest BCUT2D eigenvalue weighted by molar-refractivity contribution is -0.132. The Morgan fingerprint density at radius 3 is 2.78 bits per heavy atom. The van der Waals surface area contributed by atoms with Gasteiger partial charge in [-0.2, -0.15) is 4.37 Å². The van der Waals surface area contributed by atoms with Crippen molar-refractivity contribution in [1.82, 2.24) is 14.3 Å². The molecule has 1 aliphatic carbocycles. The van der Waals surface area contributed by atoms with E-state index in [1.165, 1.54) is 17.1 Å². The van der Waals surface area contributed by atoms with Crippen LogP contribution in [0.3, 0.4) is 0 Å². The SMILES string of the molecule is COc1ccc([C@@H]2CC(=O)N(CC(=O)N(CC3CC3)c3nc(C(C)C)ns3)C2)cc1C[C@@H]1CCOC1. The number of methoxy groups -OCH3 is 1. The van der Waals surface area contributed by atoms with Gasteiger partial charge in [0.2, 0.25) is 16.9 Å². The highest BCUT2D eigenvalue weighted by atomic mass is 32.1. The molecule has 5 rings (SSSR count). The molecule has 0 unspecified atom stereocenters. The predicted molar refractivity (Wildman–Crippen MR) is 139 cm³/mol. The zero-order valence-corrected chi connectivity index (χ0v) is 22.3. The summed E-state index contributed by atoms with van der Waals surface area (Å²) in [5.41, 5.74) is 2.30. The number of anilines is 1. The molecule has 1 aromatic carbocycles. The van der Waals surface area contributed by atoms with E-state index in [4.69, 9.17) is 9.47 Å². The number of likely N-dealkylation sites (tertiary alicyclic amines) is 1. The number of hydrogen-bond donors (Lipinski definition) is 0. The summed E-state index contributed by atoms with van der Waals surface area (Å²) in [6.45, 7) is 7.00. The molecule has 2 aliphatic heterocycles. The lowest BCUT2D eigenvalue weighted by Crippen LogP contribution is -2.42. The van der Waals surface area contributed by atoms with Crippen molar-refractivity contribution in [2.24, 2.45) is 11.8 Å². The Bertz CT molecular complexity index is 1090. The predicted octanol–water partition coefficient (Wildman–Crippen LogP) is 4.01. The fraction of sp³-hybridized carbons (Fsp3) is 0.630. The van der Waals surface area contributed by atoms with Gasteiger partial charge in [-0.1, -0.05) is 26.0 Å². The van der Waals surface area contributed by atoms with Gasteiger partial charge < -0.3 is 14.4 Å². The highest BCUT2D eigenvalue weighted by molar-refractivity contribution is 7.09. The summed E-state index contributed by atoms with van der Waals surface area (Å²) in [5.74, 6) is 2.91. The monoisotopic (exact) mass is 512 g/mol. The molecule has 1 aromatic heterocycles. The largest absolute Gasteiger partial charge is 0.496 e. The lowest BCUT2D eigenvalue weighted by Gasteiger charge is -2.23. The second-order valence-corrected chi connectivity index (χ2v) is 11.4. The van der Waals surface area contributed by atoms with Crippen LogP contribution in [0.25, 0.3) is 0 Å². The first kappa shape index (κ1) is 25.1. The van der Waals surface area contributed by atoms with E-state index in [1.807, 2.05) is 19.9 Å². The highest BCUT2D eigenvalue weighted by Gasteiger charge is 2.35. The first-order chi connectivity index (χ1) is 17.4. The molecule has 36 heavy (non-hydrogen) atoms. The molecule has 9 heteroatoms. The van der Waals surface area contributed by atoms with Crippen molar-refractivity contribution >= 4 is 28.5 Å². The molecule has 194 valence electrons. The maximum Gasteiger partial charge on any atom is 0.248 e. The molecular weight excluding hydrogens is 476 g/mol. The molecule has 2 amide bonds. The van der Waals surface area contributed by atoms with E-state index in [2.05, 4.69) is 21.5 Å². The first-order valence-electron chi connectivity index (χ1n) is 13.1. The molecule has 3 aliphatic rings. The Kier molecular flexibility index (Phi) is 7.57. The number of ether oxygens (including phenoxy) is 2. The van der Waals surface area contributed by atoms with Gasteiger partial charge in [0.15, 0.2) is 0 Å². The molecule has 0 spiro atoms. The minimum absolute atomic E-state index is 0.0291. The number of carbonyl (C=O) groups is 2. The van der Waals surface area contributed by atoms with Crippen molar-refractivity contribution in [2.45, 2.75) is 57.8 Å². The Labute approximate surface area is 217 Å². The molecule has 3 heterocycles. The van der Waals surface area contributed by atoms with Gasteiger partial charge in [-0.05, 0) is 54.7 Å². The van der Waals surface area contributed by atoms with Crippen LogP contribution in [0.15, 0.2) is 18.2 Å². The number of benzene rings is 1. The van der Waals surface area contributed by atoms with Gasteiger partial charge in [0.05, 0.1) is 7.11 Å². The average Bonchev–Trinajstić information content (AvgIpc) is 3.22. The third-order valence-electron chi connectivity index (χ3n) is 7.47. The number of aromatic nitrogens is 2.